The van der Waals surface area contributed by atoms with Crippen LogP contribution in [0.3, 0.4) is 0 Å². The number of carbonyl (C=O) groups excluding carboxylic acids is 1. The van der Waals surface area contributed by atoms with Gasteiger partial charge in [-0.15, -0.1) is 5.10 Å². The van der Waals surface area contributed by atoms with Crippen LogP contribution in [0.5, 0.6) is 0 Å². The third kappa shape index (κ3) is 2.17. The molecule has 7 nitrogen and oxygen atoms in total. The van der Waals surface area contributed by atoms with Gasteiger partial charge in [-0.3, -0.25) is 0 Å². The first-order chi connectivity index (χ1) is 8.67. The van der Waals surface area contributed by atoms with E-state index in [2.05, 4.69) is 24.8 Å². The number of methoxy groups -OCH3 is 1. The summed E-state index contributed by atoms with van der Waals surface area (Å²) in [4.78, 5) is 23.1. The Kier molecular flexibility index (Phi) is 3.52. The maximum Gasteiger partial charge on any atom is 0.377 e. The van der Waals surface area contributed by atoms with Crippen LogP contribution in [0.2, 0.25) is 5.15 Å². The van der Waals surface area contributed by atoms with Gasteiger partial charge in [-0.2, -0.15) is 0 Å². The first-order valence-electron chi connectivity index (χ1n) is 5.17. The summed E-state index contributed by atoms with van der Waals surface area (Å²) < 4.78 is 5.90. The van der Waals surface area contributed by atoms with E-state index in [-0.39, 0.29) is 5.82 Å². The van der Waals surface area contributed by atoms with E-state index in [9.17, 15) is 4.79 Å². The number of esters is 1. The second-order valence-corrected chi connectivity index (χ2v) is 3.68. The van der Waals surface area contributed by atoms with Gasteiger partial charge < -0.3 is 4.74 Å². The van der Waals surface area contributed by atoms with Crippen molar-refractivity contribution in [1.82, 2.24) is 24.7 Å². The molecule has 0 aromatic carbocycles. The van der Waals surface area contributed by atoms with Crippen LogP contribution in [0, 0.1) is 0 Å². The van der Waals surface area contributed by atoms with Gasteiger partial charge in [0.25, 0.3) is 5.82 Å². The Hall–Kier alpha value is -2.02. The van der Waals surface area contributed by atoms with Crippen LogP contribution in [0.15, 0.2) is 12.7 Å². The van der Waals surface area contributed by atoms with E-state index in [0.29, 0.717) is 17.4 Å². The Balaban J connectivity index is 2.46. The van der Waals surface area contributed by atoms with Crippen molar-refractivity contribution in [3.05, 3.63) is 29.2 Å². The zero-order chi connectivity index (χ0) is 13.1. The summed E-state index contributed by atoms with van der Waals surface area (Å²) in [5.74, 6) is -0.138. The Morgan fingerprint density at radius 1 is 1.44 bits per heavy atom. The fourth-order valence-electron chi connectivity index (χ4n) is 1.43. The average Bonchev–Trinajstić information content (AvgIpc) is 2.87. The van der Waals surface area contributed by atoms with E-state index in [1.807, 2.05) is 6.92 Å². The lowest BCUT2D eigenvalue weighted by Crippen LogP contribution is -2.08. The van der Waals surface area contributed by atoms with E-state index < -0.39 is 5.97 Å². The molecule has 0 aliphatic heterocycles. The molecule has 0 amide bonds. The summed E-state index contributed by atoms with van der Waals surface area (Å²) in [5.41, 5.74) is 0.737. The second-order valence-electron chi connectivity index (χ2n) is 3.32. The summed E-state index contributed by atoms with van der Waals surface area (Å²) in [6.45, 7) is 1.92. The Morgan fingerprint density at radius 3 is 2.89 bits per heavy atom. The zero-order valence-corrected chi connectivity index (χ0v) is 10.5. The van der Waals surface area contributed by atoms with Crippen LogP contribution in [-0.2, 0) is 11.2 Å². The van der Waals surface area contributed by atoms with Gasteiger partial charge in [0.2, 0.25) is 0 Å². The van der Waals surface area contributed by atoms with Crippen LogP contribution in [0.25, 0.3) is 5.82 Å². The third-order valence-electron chi connectivity index (χ3n) is 2.30. The molecule has 0 unspecified atom stereocenters. The van der Waals surface area contributed by atoms with Crippen LogP contribution >= 0.6 is 11.6 Å². The first kappa shape index (κ1) is 12.4. The highest BCUT2D eigenvalue weighted by molar-refractivity contribution is 6.30. The van der Waals surface area contributed by atoms with Crippen molar-refractivity contribution >= 4 is 17.6 Å². The molecule has 0 aliphatic carbocycles. The largest absolute Gasteiger partial charge is 0.463 e. The quantitative estimate of drug-likeness (QED) is 0.611. The van der Waals surface area contributed by atoms with Crippen LogP contribution in [-0.4, -0.2) is 37.8 Å². The Bertz CT molecular complexity index is 583. The number of nitrogens with zero attached hydrogens (tertiary/aromatic N) is 5. The van der Waals surface area contributed by atoms with Crippen molar-refractivity contribution in [1.29, 1.82) is 0 Å². The molecule has 0 fully saturated rings. The van der Waals surface area contributed by atoms with Crippen LogP contribution in [0.1, 0.15) is 23.1 Å². The molecule has 0 saturated carbocycles. The SMILES string of the molecule is CCc1c(Cl)ncnc1-n1cnc(C(=O)OC)n1. The molecule has 0 saturated heterocycles. The smallest absolute Gasteiger partial charge is 0.377 e. The molecule has 94 valence electrons. The van der Waals surface area contributed by atoms with E-state index in [1.54, 1.807) is 0 Å². The summed E-state index contributed by atoms with van der Waals surface area (Å²) >= 11 is 5.97. The van der Waals surface area contributed by atoms with Gasteiger partial charge in [0.1, 0.15) is 17.8 Å². The van der Waals surface area contributed by atoms with E-state index in [0.717, 1.165) is 5.56 Å². The molecule has 0 N–H and O–H groups in total. The predicted octanol–water partition coefficient (Wildman–Crippen LogP) is 1.06. The monoisotopic (exact) mass is 267 g/mol. The predicted molar refractivity (Wildman–Crippen MR) is 62.7 cm³/mol. The Labute approximate surface area is 108 Å². The number of carbonyl (C=O) groups is 1. The standard InChI is InChI=1S/C10H10ClN5O2/c1-3-6-7(11)12-4-13-9(6)16-5-14-8(15-16)10(17)18-2/h4-5H,3H2,1-2H3. The summed E-state index contributed by atoms with van der Waals surface area (Å²) in [7, 11) is 1.27. The zero-order valence-electron chi connectivity index (χ0n) is 9.79. The van der Waals surface area contributed by atoms with Crippen molar-refractivity contribution < 1.29 is 9.53 Å². The Morgan fingerprint density at radius 2 is 2.22 bits per heavy atom. The van der Waals surface area contributed by atoms with Gasteiger partial charge in [-0.1, -0.05) is 18.5 Å². The van der Waals surface area contributed by atoms with Crippen molar-refractivity contribution in [2.24, 2.45) is 0 Å². The van der Waals surface area contributed by atoms with Crippen molar-refractivity contribution in [3.63, 3.8) is 0 Å². The maximum atomic E-state index is 11.3. The minimum atomic E-state index is -0.605. The van der Waals surface area contributed by atoms with Crippen molar-refractivity contribution in [2.75, 3.05) is 7.11 Å². The fraction of sp³-hybridized carbons (Fsp3) is 0.300. The number of hydrogen-bond acceptors (Lipinski definition) is 6. The molecule has 0 atom stereocenters. The molecular formula is C10H10ClN5O2. The minimum Gasteiger partial charge on any atom is -0.463 e. The van der Waals surface area contributed by atoms with Gasteiger partial charge in [0.15, 0.2) is 5.82 Å². The number of halogens is 1. The highest BCUT2D eigenvalue weighted by atomic mass is 35.5. The summed E-state index contributed by atoms with van der Waals surface area (Å²) in [6.07, 6.45) is 3.35. The molecule has 2 heterocycles. The molecule has 2 rings (SSSR count). The third-order valence-corrected chi connectivity index (χ3v) is 2.63. The molecule has 0 aliphatic rings. The maximum absolute atomic E-state index is 11.3. The summed E-state index contributed by atoms with van der Waals surface area (Å²) in [6, 6.07) is 0. The normalized spacial score (nSPS) is 10.4. The number of ether oxygens (including phenoxy) is 1. The lowest BCUT2D eigenvalue weighted by molar-refractivity contribution is 0.0587. The highest BCUT2D eigenvalue weighted by Gasteiger charge is 2.15. The van der Waals surface area contributed by atoms with E-state index in [1.165, 1.54) is 24.4 Å². The van der Waals surface area contributed by atoms with E-state index >= 15 is 0 Å². The second kappa shape index (κ2) is 5.09. The lowest BCUT2D eigenvalue weighted by Gasteiger charge is -2.06. The number of aromatic nitrogens is 5. The van der Waals surface area contributed by atoms with Crippen molar-refractivity contribution in [2.45, 2.75) is 13.3 Å². The van der Waals surface area contributed by atoms with Gasteiger partial charge in [0.05, 0.1) is 7.11 Å². The minimum absolute atomic E-state index is 0.0331. The van der Waals surface area contributed by atoms with Crippen LogP contribution < -0.4 is 0 Å². The molecule has 2 aromatic heterocycles. The van der Waals surface area contributed by atoms with Gasteiger partial charge >= 0.3 is 5.97 Å². The number of rotatable bonds is 3. The lowest BCUT2D eigenvalue weighted by atomic mass is 10.2. The van der Waals surface area contributed by atoms with E-state index in [4.69, 9.17) is 11.6 Å². The van der Waals surface area contributed by atoms with Gasteiger partial charge in [-0.05, 0) is 6.42 Å². The molecule has 18 heavy (non-hydrogen) atoms. The van der Waals surface area contributed by atoms with Gasteiger partial charge in [-0.25, -0.2) is 24.4 Å². The highest BCUT2D eigenvalue weighted by Crippen LogP contribution is 2.18. The molecule has 0 radical (unpaired) electrons. The molecule has 8 heteroatoms. The van der Waals surface area contributed by atoms with Gasteiger partial charge in [0, 0.05) is 5.56 Å². The molecular weight excluding hydrogens is 258 g/mol. The topological polar surface area (TPSA) is 82.8 Å². The fourth-order valence-corrected chi connectivity index (χ4v) is 1.70. The first-order valence-corrected chi connectivity index (χ1v) is 5.54. The number of hydrogen-bond donors (Lipinski definition) is 0. The molecule has 0 spiro atoms. The summed E-state index contributed by atoms with van der Waals surface area (Å²) in [5, 5.41) is 4.34. The molecule has 0 bridgehead atoms. The van der Waals surface area contributed by atoms with Crippen molar-refractivity contribution in [3.8, 4) is 5.82 Å². The molecule has 2 aromatic rings. The van der Waals surface area contributed by atoms with Crippen LogP contribution in [0.4, 0.5) is 0 Å². The average molecular weight is 268 g/mol.